The predicted octanol–water partition coefficient (Wildman–Crippen LogP) is 2.10. The number of benzene rings is 1. The van der Waals surface area contributed by atoms with Crippen LogP contribution >= 0.6 is 0 Å². The summed E-state index contributed by atoms with van der Waals surface area (Å²) in [4.78, 5) is 0.284. The normalized spacial score (nSPS) is 12.0. The van der Waals surface area contributed by atoms with Crippen molar-refractivity contribution in [3.05, 3.63) is 23.3 Å². The second kappa shape index (κ2) is 7.77. The van der Waals surface area contributed by atoms with Crippen LogP contribution in [-0.2, 0) is 27.6 Å². The van der Waals surface area contributed by atoms with Gasteiger partial charge in [-0.3, -0.25) is 0 Å². The fourth-order valence-electron chi connectivity index (χ4n) is 2.10. The summed E-state index contributed by atoms with van der Waals surface area (Å²) in [6, 6.07) is 3.56. The van der Waals surface area contributed by atoms with Gasteiger partial charge in [-0.25, -0.2) is 13.1 Å². The van der Waals surface area contributed by atoms with Gasteiger partial charge in [0.2, 0.25) is 10.0 Å². The van der Waals surface area contributed by atoms with E-state index in [0.29, 0.717) is 24.3 Å². The Morgan fingerprint density at radius 1 is 1.24 bits per heavy atom. The maximum absolute atomic E-state index is 12.5. The first-order valence-corrected chi connectivity index (χ1v) is 8.82. The number of aryl methyl sites for hydroxylation is 1. The molecule has 1 aromatic carbocycles. The maximum Gasteiger partial charge on any atom is 0.241 e. The van der Waals surface area contributed by atoms with Crippen molar-refractivity contribution in [2.45, 2.75) is 51.5 Å². The average molecular weight is 314 g/mol. The van der Waals surface area contributed by atoms with Crippen molar-refractivity contribution in [2.75, 3.05) is 18.9 Å². The molecule has 21 heavy (non-hydrogen) atoms. The Hall–Kier alpha value is -1.11. The molecule has 0 atom stereocenters. The highest BCUT2D eigenvalue weighted by Crippen LogP contribution is 2.25. The quantitative estimate of drug-likeness (QED) is 0.569. The molecule has 6 heteroatoms. The lowest BCUT2D eigenvalue weighted by atomic mass is 10.1. The van der Waals surface area contributed by atoms with Crippen molar-refractivity contribution in [2.24, 2.45) is 0 Å². The average Bonchev–Trinajstić information content (AvgIpc) is 2.42. The number of hydrogen-bond donors (Lipinski definition) is 2. The third-order valence-electron chi connectivity index (χ3n) is 3.20. The molecule has 3 N–H and O–H groups in total. The fraction of sp³-hybridized carbons (Fsp3) is 0.600. The number of rotatable bonds is 8. The first kappa shape index (κ1) is 17.9. The van der Waals surface area contributed by atoms with Crippen LogP contribution < -0.4 is 10.5 Å². The number of nitrogens with one attached hydrogen (secondary N) is 1. The summed E-state index contributed by atoms with van der Waals surface area (Å²) in [5, 5.41) is 0. The molecule has 0 bridgehead atoms. The van der Waals surface area contributed by atoms with Crippen LogP contribution in [0.1, 0.15) is 38.8 Å². The molecule has 0 aliphatic carbocycles. The molecule has 0 amide bonds. The monoisotopic (exact) mass is 314 g/mol. The summed E-state index contributed by atoms with van der Waals surface area (Å²) < 4.78 is 32.8. The first-order chi connectivity index (χ1) is 9.81. The van der Waals surface area contributed by atoms with Gasteiger partial charge in [-0.1, -0.05) is 13.8 Å². The van der Waals surface area contributed by atoms with Crippen molar-refractivity contribution in [3.8, 4) is 0 Å². The van der Waals surface area contributed by atoms with Crippen LogP contribution in [0.5, 0.6) is 0 Å². The van der Waals surface area contributed by atoms with Gasteiger partial charge in [0.15, 0.2) is 0 Å². The van der Waals surface area contributed by atoms with E-state index in [1.165, 1.54) is 0 Å². The molecule has 0 saturated heterocycles. The standard InChI is InChI=1S/C15H26N2O3S/c1-5-12-9-14(16)13(6-2)15(10-12)21(18,19)17-7-8-20-11(3)4/h9-11,17H,5-8,16H2,1-4H3. The van der Waals surface area contributed by atoms with Gasteiger partial charge in [0.05, 0.1) is 17.6 Å². The minimum absolute atomic E-state index is 0.0831. The zero-order chi connectivity index (χ0) is 16.0. The number of ether oxygens (including phenoxy) is 1. The topological polar surface area (TPSA) is 81.4 Å². The van der Waals surface area contributed by atoms with E-state index in [9.17, 15) is 8.42 Å². The Labute approximate surface area is 127 Å². The molecule has 0 unspecified atom stereocenters. The molecule has 120 valence electrons. The molecule has 0 heterocycles. The van der Waals surface area contributed by atoms with Gasteiger partial charge in [-0.05, 0) is 49.9 Å². The molecule has 1 rings (SSSR count). The summed E-state index contributed by atoms with van der Waals surface area (Å²) >= 11 is 0. The lowest BCUT2D eigenvalue weighted by Crippen LogP contribution is -2.29. The Balaban J connectivity index is 2.98. The van der Waals surface area contributed by atoms with E-state index in [0.717, 1.165) is 12.0 Å². The van der Waals surface area contributed by atoms with E-state index in [2.05, 4.69) is 4.72 Å². The van der Waals surface area contributed by atoms with E-state index in [1.54, 1.807) is 6.07 Å². The Morgan fingerprint density at radius 3 is 2.43 bits per heavy atom. The molecule has 1 aromatic rings. The van der Waals surface area contributed by atoms with Gasteiger partial charge in [0.1, 0.15) is 0 Å². The van der Waals surface area contributed by atoms with Crippen molar-refractivity contribution < 1.29 is 13.2 Å². The second-order valence-electron chi connectivity index (χ2n) is 5.19. The molecule has 0 fully saturated rings. The molecular weight excluding hydrogens is 288 g/mol. The highest BCUT2D eigenvalue weighted by Gasteiger charge is 2.20. The van der Waals surface area contributed by atoms with Crippen LogP contribution in [0.4, 0.5) is 5.69 Å². The molecule has 0 radical (unpaired) electrons. The van der Waals surface area contributed by atoms with Gasteiger partial charge >= 0.3 is 0 Å². The largest absolute Gasteiger partial charge is 0.398 e. The third kappa shape index (κ3) is 4.98. The molecule has 0 aliphatic rings. The van der Waals surface area contributed by atoms with Crippen LogP contribution in [0, 0.1) is 0 Å². The van der Waals surface area contributed by atoms with Gasteiger partial charge < -0.3 is 10.5 Å². The number of anilines is 1. The van der Waals surface area contributed by atoms with Gasteiger partial charge in [-0.2, -0.15) is 0 Å². The summed E-state index contributed by atoms with van der Waals surface area (Å²) in [5.74, 6) is 0. The minimum atomic E-state index is -3.57. The lowest BCUT2D eigenvalue weighted by Gasteiger charge is -2.15. The molecule has 5 nitrogen and oxygen atoms in total. The van der Waals surface area contributed by atoms with Crippen molar-refractivity contribution in [3.63, 3.8) is 0 Å². The van der Waals surface area contributed by atoms with E-state index in [4.69, 9.17) is 10.5 Å². The van der Waals surface area contributed by atoms with Gasteiger partial charge in [-0.15, -0.1) is 0 Å². The smallest absolute Gasteiger partial charge is 0.241 e. The number of nitrogen functional groups attached to an aromatic ring is 1. The lowest BCUT2D eigenvalue weighted by molar-refractivity contribution is 0.0834. The van der Waals surface area contributed by atoms with Crippen molar-refractivity contribution >= 4 is 15.7 Å². The fourth-order valence-corrected chi connectivity index (χ4v) is 3.50. The Bertz CT molecular complexity index is 569. The van der Waals surface area contributed by atoms with E-state index in [-0.39, 0.29) is 17.5 Å². The number of hydrogen-bond acceptors (Lipinski definition) is 4. The van der Waals surface area contributed by atoms with Crippen LogP contribution in [0.3, 0.4) is 0 Å². The summed E-state index contributed by atoms with van der Waals surface area (Å²) in [6.07, 6.45) is 1.40. The predicted molar refractivity (Wildman–Crippen MR) is 85.9 cm³/mol. The second-order valence-corrected chi connectivity index (χ2v) is 6.92. The van der Waals surface area contributed by atoms with Crippen molar-refractivity contribution in [1.29, 1.82) is 0 Å². The van der Waals surface area contributed by atoms with Crippen LogP contribution in [0.25, 0.3) is 0 Å². The van der Waals surface area contributed by atoms with E-state index in [1.807, 2.05) is 33.8 Å². The minimum Gasteiger partial charge on any atom is -0.398 e. The summed E-state index contributed by atoms with van der Waals surface area (Å²) in [6.45, 7) is 8.30. The van der Waals surface area contributed by atoms with Crippen LogP contribution in [0.2, 0.25) is 0 Å². The van der Waals surface area contributed by atoms with Crippen LogP contribution in [0.15, 0.2) is 17.0 Å². The van der Waals surface area contributed by atoms with E-state index < -0.39 is 10.0 Å². The zero-order valence-electron chi connectivity index (χ0n) is 13.3. The molecule has 0 spiro atoms. The van der Waals surface area contributed by atoms with E-state index >= 15 is 0 Å². The van der Waals surface area contributed by atoms with Crippen LogP contribution in [-0.4, -0.2) is 27.7 Å². The molecular formula is C15H26N2O3S. The molecule has 0 aromatic heterocycles. The first-order valence-electron chi connectivity index (χ1n) is 7.34. The van der Waals surface area contributed by atoms with Gasteiger partial charge in [0.25, 0.3) is 0 Å². The van der Waals surface area contributed by atoms with Crippen molar-refractivity contribution in [1.82, 2.24) is 4.72 Å². The molecule has 0 saturated carbocycles. The summed E-state index contributed by atoms with van der Waals surface area (Å²) in [7, 11) is -3.57. The number of nitrogens with two attached hydrogens (primary N) is 1. The third-order valence-corrected chi connectivity index (χ3v) is 4.73. The van der Waals surface area contributed by atoms with Gasteiger partial charge in [0, 0.05) is 12.2 Å². The molecule has 0 aliphatic heterocycles. The Kier molecular flexibility index (Phi) is 6.64. The zero-order valence-corrected chi connectivity index (χ0v) is 14.1. The highest BCUT2D eigenvalue weighted by molar-refractivity contribution is 7.89. The Morgan fingerprint density at radius 2 is 1.90 bits per heavy atom. The number of sulfonamides is 1. The SMILES string of the molecule is CCc1cc(N)c(CC)c(S(=O)(=O)NCCOC(C)C)c1. The summed E-state index contributed by atoms with van der Waals surface area (Å²) in [5.41, 5.74) is 8.11. The highest BCUT2D eigenvalue weighted by atomic mass is 32.2. The maximum atomic E-state index is 12.5.